The number of rotatable bonds is 4. The number of benzene rings is 1. The van der Waals surface area contributed by atoms with E-state index < -0.39 is 6.04 Å². The van der Waals surface area contributed by atoms with E-state index >= 15 is 0 Å². The average molecular weight is 314 g/mol. The predicted octanol–water partition coefficient (Wildman–Crippen LogP) is 1.88. The highest BCUT2D eigenvalue weighted by molar-refractivity contribution is 7.80. The molecule has 1 atom stereocenters. The number of amides is 1. The molecular weight excluding hydrogens is 296 g/mol. The molecule has 6 heteroatoms. The van der Waals surface area contributed by atoms with Crippen LogP contribution in [0.25, 0.3) is 0 Å². The highest BCUT2D eigenvalue weighted by Gasteiger charge is 2.43. The van der Waals surface area contributed by atoms with Gasteiger partial charge in [-0.25, -0.2) is 4.99 Å². The van der Waals surface area contributed by atoms with Crippen molar-refractivity contribution in [1.82, 2.24) is 9.91 Å². The fraction of sp³-hybridized carbons (Fsp3) is 0.375. The van der Waals surface area contributed by atoms with Gasteiger partial charge >= 0.3 is 0 Å². The Morgan fingerprint density at radius 3 is 2.68 bits per heavy atom. The van der Waals surface area contributed by atoms with Gasteiger partial charge in [-0.3, -0.25) is 14.7 Å². The third-order valence-corrected chi connectivity index (χ3v) is 4.26. The van der Waals surface area contributed by atoms with Crippen LogP contribution >= 0.6 is 12.2 Å². The van der Waals surface area contributed by atoms with Crippen LogP contribution in [0.1, 0.15) is 19.4 Å². The lowest BCUT2D eigenvalue weighted by atomic mass is 10.1. The summed E-state index contributed by atoms with van der Waals surface area (Å²) in [6, 6.07) is 9.66. The summed E-state index contributed by atoms with van der Waals surface area (Å²) in [5.41, 5.74) is 2.66. The van der Waals surface area contributed by atoms with Crippen molar-refractivity contribution in [1.29, 1.82) is 0 Å². The van der Waals surface area contributed by atoms with Crippen LogP contribution in [0.4, 0.5) is 0 Å². The monoisotopic (exact) mass is 314 g/mol. The van der Waals surface area contributed by atoms with Gasteiger partial charge in [0.25, 0.3) is 5.91 Å². The van der Waals surface area contributed by atoms with E-state index in [-0.39, 0.29) is 5.91 Å². The van der Waals surface area contributed by atoms with Crippen molar-refractivity contribution >= 4 is 34.7 Å². The minimum atomic E-state index is -0.410. The SMILES string of the molecule is CCN1N=C(C)C2=NC(=S)N(CCc3ccccc3)C(=O)C21. The van der Waals surface area contributed by atoms with Crippen molar-refractivity contribution in [2.45, 2.75) is 26.3 Å². The van der Waals surface area contributed by atoms with Crippen molar-refractivity contribution in [2.75, 3.05) is 13.1 Å². The fourth-order valence-electron chi connectivity index (χ4n) is 2.78. The van der Waals surface area contributed by atoms with Gasteiger partial charge < -0.3 is 0 Å². The van der Waals surface area contributed by atoms with Gasteiger partial charge in [0.1, 0.15) is 5.71 Å². The first-order chi connectivity index (χ1) is 10.6. The molecule has 2 aliphatic heterocycles. The smallest absolute Gasteiger partial charge is 0.259 e. The number of hydrogen-bond acceptors (Lipinski definition) is 4. The highest BCUT2D eigenvalue weighted by atomic mass is 32.1. The van der Waals surface area contributed by atoms with Gasteiger partial charge in [-0.2, -0.15) is 5.10 Å². The number of fused-ring (bicyclic) bond motifs is 1. The van der Waals surface area contributed by atoms with Gasteiger partial charge in [0.05, 0.1) is 5.71 Å². The summed E-state index contributed by atoms with van der Waals surface area (Å²) in [4.78, 5) is 18.8. The number of thiocarbonyl (C=S) groups is 1. The van der Waals surface area contributed by atoms with Crippen molar-refractivity contribution in [3.8, 4) is 0 Å². The molecule has 2 heterocycles. The number of carbonyl (C=O) groups is 1. The Bertz CT molecular complexity index is 668. The molecule has 2 aliphatic rings. The Balaban J connectivity index is 1.79. The van der Waals surface area contributed by atoms with Crippen LogP contribution in [0.15, 0.2) is 40.4 Å². The molecule has 0 bridgehead atoms. The first-order valence-electron chi connectivity index (χ1n) is 7.42. The Labute approximate surface area is 135 Å². The van der Waals surface area contributed by atoms with E-state index in [2.05, 4.69) is 10.1 Å². The molecule has 5 nitrogen and oxygen atoms in total. The van der Waals surface area contributed by atoms with Crippen LogP contribution < -0.4 is 0 Å². The Hall–Kier alpha value is -2.08. The molecule has 22 heavy (non-hydrogen) atoms. The molecule has 1 aromatic carbocycles. The second-order valence-corrected chi connectivity index (χ2v) is 5.71. The molecule has 114 valence electrons. The van der Waals surface area contributed by atoms with E-state index in [4.69, 9.17) is 12.2 Å². The summed E-state index contributed by atoms with van der Waals surface area (Å²) >= 11 is 5.32. The number of hydrogen-bond donors (Lipinski definition) is 0. The van der Waals surface area contributed by atoms with Crippen molar-refractivity contribution in [2.24, 2.45) is 10.1 Å². The topological polar surface area (TPSA) is 48.3 Å². The molecule has 0 fully saturated rings. The molecule has 3 rings (SSSR count). The lowest BCUT2D eigenvalue weighted by Crippen LogP contribution is -2.54. The minimum absolute atomic E-state index is 0.0200. The van der Waals surface area contributed by atoms with E-state index in [0.717, 1.165) is 12.1 Å². The summed E-state index contributed by atoms with van der Waals surface area (Å²) < 4.78 is 0. The van der Waals surface area contributed by atoms with Gasteiger partial charge in [0.15, 0.2) is 6.04 Å². The molecule has 0 aliphatic carbocycles. The summed E-state index contributed by atoms with van der Waals surface area (Å²) in [7, 11) is 0. The molecule has 0 saturated heterocycles. The molecule has 0 saturated carbocycles. The van der Waals surface area contributed by atoms with Crippen LogP contribution in [0.2, 0.25) is 0 Å². The highest BCUT2D eigenvalue weighted by Crippen LogP contribution is 2.21. The largest absolute Gasteiger partial charge is 0.285 e. The number of hydrazone groups is 1. The van der Waals surface area contributed by atoms with Crippen LogP contribution in [0.5, 0.6) is 0 Å². The summed E-state index contributed by atoms with van der Waals surface area (Å²) in [6.07, 6.45) is 0.760. The Morgan fingerprint density at radius 2 is 2.00 bits per heavy atom. The summed E-state index contributed by atoms with van der Waals surface area (Å²) in [5, 5.41) is 6.53. The molecular formula is C16H18N4OS. The Kier molecular flexibility index (Phi) is 4.02. The van der Waals surface area contributed by atoms with Gasteiger partial charge in [0.2, 0.25) is 5.11 Å². The summed E-state index contributed by atoms with van der Waals surface area (Å²) in [6.45, 7) is 5.07. The maximum Gasteiger partial charge on any atom is 0.259 e. The molecule has 0 radical (unpaired) electrons. The molecule has 1 unspecified atom stereocenters. The first kappa shape index (κ1) is 14.8. The first-order valence-corrected chi connectivity index (χ1v) is 7.82. The van der Waals surface area contributed by atoms with Crippen molar-refractivity contribution in [3.05, 3.63) is 35.9 Å². The standard InChI is InChI=1S/C16H18N4OS/c1-3-20-14-13(11(2)18-20)17-16(22)19(15(14)21)10-9-12-7-5-4-6-8-12/h4-8,14H,3,9-10H2,1-2H3. The van der Waals surface area contributed by atoms with E-state index in [9.17, 15) is 4.79 Å². The number of likely N-dealkylation sites (N-methyl/N-ethyl adjacent to an activating group) is 1. The van der Waals surface area contributed by atoms with Crippen molar-refractivity contribution in [3.63, 3.8) is 0 Å². The number of nitrogens with zero attached hydrogens (tertiary/aromatic N) is 4. The second kappa shape index (κ2) is 5.96. The lowest BCUT2D eigenvalue weighted by Gasteiger charge is -2.32. The van der Waals surface area contributed by atoms with Crippen LogP contribution in [-0.4, -0.2) is 51.5 Å². The third kappa shape index (κ3) is 2.54. The quantitative estimate of drug-likeness (QED) is 0.797. The Morgan fingerprint density at radius 1 is 1.27 bits per heavy atom. The lowest BCUT2D eigenvalue weighted by molar-refractivity contribution is -0.130. The van der Waals surface area contributed by atoms with Gasteiger partial charge in [0, 0.05) is 13.1 Å². The summed E-state index contributed by atoms with van der Waals surface area (Å²) in [5.74, 6) is -0.0200. The molecule has 1 amide bonds. The predicted molar refractivity (Wildman–Crippen MR) is 91.2 cm³/mol. The zero-order valence-electron chi connectivity index (χ0n) is 12.7. The third-order valence-electron chi connectivity index (χ3n) is 3.94. The van der Waals surface area contributed by atoms with Crippen LogP contribution in [0.3, 0.4) is 0 Å². The fourth-order valence-corrected chi connectivity index (χ4v) is 3.06. The zero-order valence-corrected chi connectivity index (χ0v) is 13.5. The van der Waals surface area contributed by atoms with Crippen molar-refractivity contribution < 1.29 is 4.79 Å². The van der Waals surface area contributed by atoms with Gasteiger partial charge in [-0.15, -0.1) is 0 Å². The maximum absolute atomic E-state index is 12.8. The van der Waals surface area contributed by atoms with Crippen LogP contribution in [0, 0.1) is 0 Å². The number of carbonyl (C=O) groups excluding carboxylic acids is 1. The molecule has 1 aromatic rings. The van der Waals surface area contributed by atoms with Crippen LogP contribution in [-0.2, 0) is 11.2 Å². The average Bonchev–Trinajstić information content (AvgIpc) is 2.84. The van der Waals surface area contributed by atoms with E-state index in [1.165, 1.54) is 5.56 Å². The van der Waals surface area contributed by atoms with E-state index in [0.29, 0.717) is 23.9 Å². The normalized spacial score (nSPS) is 20.9. The number of aliphatic imine (C=N–C) groups is 1. The maximum atomic E-state index is 12.8. The molecule has 0 aromatic heterocycles. The van der Waals surface area contributed by atoms with Gasteiger partial charge in [-0.05, 0) is 38.0 Å². The minimum Gasteiger partial charge on any atom is -0.285 e. The second-order valence-electron chi connectivity index (χ2n) is 5.35. The van der Waals surface area contributed by atoms with E-state index in [1.807, 2.05) is 44.2 Å². The zero-order chi connectivity index (χ0) is 15.7. The molecule has 0 N–H and O–H groups in total. The molecule has 0 spiro atoms. The van der Waals surface area contributed by atoms with E-state index in [1.54, 1.807) is 9.91 Å². The van der Waals surface area contributed by atoms with Gasteiger partial charge in [-0.1, -0.05) is 30.3 Å².